The van der Waals surface area contributed by atoms with E-state index in [9.17, 15) is 0 Å². The van der Waals surface area contributed by atoms with Crippen molar-refractivity contribution in [1.82, 2.24) is 4.90 Å². The molecule has 0 amide bonds. The first-order chi connectivity index (χ1) is 8.72. The average molecular weight is 249 g/mol. The summed E-state index contributed by atoms with van der Waals surface area (Å²) >= 11 is 0. The topological polar surface area (TPSA) is 25.6 Å². The van der Waals surface area contributed by atoms with Crippen LogP contribution in [-0.2, 0) is 11.3 Å². The molecule has 1 saturated carbocycles. The Morgan fingerprint density at radius 2 is 2.39 bits per heavy atom. The van der Waals surface area contributed by atoms with Gasteiger partial charge in [0.05, 0.1) is 13.2 Å². The molecule has 3 rings (SSSR count). The average Bonchev–Trinajstić information content (AvgIpc) is 2.94. The fourth-order valence-corrected chi connectivity index (χ4v) is 3.96. The van der Waals surface area contributed by atoms with Crippen LogP contribution < -0.4 is 0 Å². The molecule has 2 aliphatic rings. The molecule has 0 aromatic carbocycles. The Labute approximate surface area is 109 Å². The van der Waals surface area contributed by atoms with Gasteiger partial charge in [0.15, 0.2) is 0 Å². The molecule has 1 saturated heterocycles. The lowest BCUT2D eigenvalue weighted by atomic mass is 9.82. The Balaban J connectivity index is 1.67. The van der Waals surface area contributed by atoms with Gasteiger partial charge >= 0.3 is 0 Å². The SMILES string of the molecule is COC[C@]12CCC[C@H]1CN(Cc1ccc(C)o1)C2. The quantitative estimate of drug-likeness (QED) is 0.820. The van der Waals surface area contributed by atoms with Crippen LogP contribution in [0.15, 0.2) is 16.5 Å². The summed E-state index contributed by atoms with van der Waals surface area (Å²) in [6.07, 6.45) is 4.08. The smallest absolute Gasteiger partial charge is 0.118 e. The van der Waals surface area contributed by atoms with Gasteiger partial charge in [0.2, 0.25) is 0 Å². The van der Waals surface area contributed by atoms with E-state index in [1.807, 2.05) is 14.0 Å². The fourth-order valence-electron chi connectivity index (χ4n) is 3.96. The van der Waals surface area contributed by atoms with Gasteiger partial charge in [-0.25, -0.2) is 0 Å². The molecule has 1 aromatic rings. The second-order valence-corrected chi connectivity index (χ2v) is 6.07. The van der Waals surface area contributed by atoms with Crippen LogP contribution in [0.4, 0.5) is 0 Å². The molecule has 1 aliphatic heterocycles. The van der Waals surface area contributed by atoms with Crippen LogP contribution >= 0.6 is 0 Å². The number of nitrogens with zero attached hydrogens (tertiary/aromatic N) is 1. The highest BCUT2D eigenvalue weighted by Crippen LogP contribution is 2.49. The standard InChI is InChI=1S/C15H23NO2/c1-12-5-6-14(18-12)9-16-8-13-4-3-7-15(13,10-16)11-17-2/h5-6,13H,3-4,7-11H2,1-2H3/t13-,15+/m0/s1. The van der Waals surface area contributed by atoms with Crippen LogP contribution in [0, 0.1) is 18.3 Å². The van der Waals surface area contributed by atoms with Gasteiger partial charge in [-0.1, -0.05) is 6.42 Å². The molecule has 0 spiro atoms. The van der Waals surface area contributed by atoms with E-state index in [-0.39, 0.29) is 0 Å². The molecular weight excluding hydrogens is 226 g/mol. The summed E-state index contributed by atoms with van der Waals surface area (Å²) in [7, 11) is 1.84. The second-order valence-electron chi connectivity index (χ2n) is 6.07. The molecule has 0 bridgehead atoms. The number of fused-ring (bicyclic) bond motifs is 1. The Bertz CT molecular complexity index is 414. The van der Waals surface area contributed by atoms with E-state index in [4.69, 9.17) is 9.15 Å². The number of likely N-dealkylation sites (tertiary alicyclic amines) is 1. The van der Waals surface area contributed by atoms with E-state index in [1.54, 1.807) is 0 Å². The van der Waals surface area contributed by atoms with Crippen molar-refractivity contribution in [2.75, 3.05) is 26.8 Å². The number of methoxy groups -OCH3 is 1. The predicted octanol–water partition coefficient (Wildman–Crippen LogP) is 2.84. The van der Waals surface area contributed by atoms with Gasteiger partial charge in [-0.05, 0) is 37.8 Å². The van der Waals surface area contributed by atoms with Crippen molar-refractivity contribution in [3.63, 3.8) is 0 Å². The summed E-state index contributed by atoms with van der Waals surface area (Å²) in [5, 5.41) is 0. The molecule has 2 atom stereocenters. The van der Waals surface area contributed by atoms with Crippen molar-refractivity contribution >= 4 is 0 Å². The Kier molecular flexibility index (Phi) is 3.20. The van der Waals surface area contributed by atoms with Crippen LogP contribution in [0.2, 0.25) is 0 Å². The van der Waals surface area contributed by atoms with Crippen LogP contribution in [0.3, 0.4) is 0 Å². The van der Waals surface area contributed by atoms with Crippen molar-refractivity contribution in [2.45, 2.75) is 32.7 Å². The maximum Gasteiger partial charge on any atom is 0.118 e. The zero-order valence-corrected chi connectivity index (χ0v) is 11.4. The molecule has 3 nitrogen and oxygen atoms in total. The van der Waals surface area contributed by atoms with Gasteiger partial charge in [-0.2, -0.15) is 0 Å². The summed E-state index contributed by atoms with van der Waals surface area (Å²) in [5.41, 5.74) is 0.427. The molecule has 2 heterocycles. The van der Waals surface area contributed by atoms with E-state index in [0.717, 1.165) is 30.6 Å². The van der Waals surface area contributed by atoms with Gasteiger partial charge in [0.25, 0.3) is 0 Å². The third kappa shape index (κ3) is 2.10. The fraction of sp³-hybridized carbons (Fsp3) is 0.733. The molecule has 1 aromatic heterocycles. The molecule has 2 fully saturated rings. The monoisotopic (exact) mass is 249 g/mol. The molecule has 0 unspecified atom stereocenters. The van der Waals surface area contributed by atoms with E-state index in [2.05, 4.69) is 17.0 Å². The number of furan rings is 1. The van der Waals surface area contributed by atoms with Crippen LogP contribution in [0.1, 0.15) is 30.8 Å². The first kappa shape index (κ1) is 12.2. The van der Waals surface area contributed by atoms with Crippen LogP contribution in [-0.4, -0.2) is 31.7 Å². The minimum absolute atomic E-state index is 0.427. The Morgan fingerprint density at radius 3 is 3.11 bits per heavy atom. The highest BCUT2D eigenvalue weighted by molar-refractivity contribution is 5.07. The van der Waals surface area contributed by atoms with E-state index in [0.29, 0.717) is 5.41 Å². The zero-order chi connectivity index (χ0) is 12.6. The number of ether oxygens (including phenoxy) is 1. The summed E-state index contributed by atoms with van der Waals surface area (Å²) in [4.78, 5) is 2.54. The first-order valence-corrected chi connectivity index (χ1v) is 6.98. The van der Waals surface area contributed by atoms with Crippen molar-refractivity contribution in [3.8, 4) is 0 Å². The normalized spacial score (nSPS) is 32.0. The summed E-state index contributed by atoms with van der Waals surface area (Å²) in [5.74, 6) is 2.93. The molecule has 0 N–H and O–H groups in total. The summed E-state index contributed by atoms with van der Waals surface area (Å²) in [6, 6.07) is 4.16. The molecule has 3 heteroatoms. The Morgan fingerprint density at radius 1 is 1.50 bits per heavy atom. The second kappa shape index (κ2) is 4.71. The van der Waals surface area contributed by atoms with Gasteiger partial charge in [-0.15, -0.1) is 0 Å². The third-order valence-electron chi connectivity index (χ3n) is 4.72. The lowest BCUT2D eigenvalue weighted by Crippen LogP contribution is -2.31. The summed E-state index contributed by atoms with van der Waals surface area (Å²) in [6.45, 7) is 6.27. The van der Waals surface area contributed by atoms with Gasteiger partial charge in [-0.3, -0.25) is 4.90 Å². The number of aryl methyl sites for hydroxylation is 1. The maximum absolute atomic E-state index is 5.69. The molecule has 18 heavy (non-hydrogen) atoms. The zero-order valence-electron chi connectivity index (χ0n) is 11.4. The van der Waals surface area contributed by atoms with Crippen molar-refractivity contribution in [2.24, 2.45) is 11.3 Å². The van der Waals surface area contributed by atoms with Gasteiger partial charge in [0.1, 0.15) is 11.5 Å². The maximum atomic E-state index is 5.69. The minimum Gasteiger partial charge on any atom is -0.465 e. The van der Waals surface area contributed by atoms with Crippen molar-refractivity contribution in [1.29, 1.82) is 0 Å². The molecule has 1 aliphatic carbocycles. The van der Waals surface area contributed by atoms with Gasteiger partial charge in [0, 0.05) is 25.6 Å². The predicted molar refractivity (Wildman–Crippen MR) is 70.4 cm³/mol. The highest BCUT2D eigenvalue weighted by Gasteiger charge is 2.49. The molecular formula is C15H23NO2. The Hall–Kier alpha value is -0.800. The van der Waals surface area contributed by atoms with E-state index in [1.165, 1.54) is 32.4 Å². The largest absolute Gasteiger partial charge is 0.465 e. The van der Waals surface area contributed by atoms with Crippen LogP contribution in [0.5, 0.6) is 0 Å². The van der Waals surface area contributed by atoms with Crippen LogP contribution in [0.25, 0.3) is 0 Å². The summed E-state index contributed by atoms with van der Waals surface area (Å²) < 4.78 is 11.2. The number of hydrogen-bond acceptors (Lipinski definition) is 3. The highest BCUT2D eigenvalue weighted by atomic mass is 16.5. The molecule has 100 valence electrons. The number of rotatable bonds is 4. The first-order valence-electron chi connectivity index (χ1n) is 6.98. The molecule has 0 radical (unpaired) electrons. The van der Waals surface area contributed by atoms with E-state index < -0.39 is 0 Å². The van der Waals surface area contributed by atoms with Crippen molar-refractivity contribution in [3.05, 3.63) is 23.7 Å². The third-order valence-corrected chi connectivity index (χ3v) is 4.72. The lowest BCUT2D eigenvalue weighted by Gasteiger charge is -2.27. The van der Waals surface area contributed by atoms with E-state index >= 15 is 0 Å². The number of hydrogen-bond donors (Lipinski definition) is 0. The lowest BCUT2D eigenvalue weighted by molar-refractivity contribution is 0.0695. The van der Waals surface area contributed by atoms with Gasteiger partial charge < -0.3 is 9.15 Å². The minimum atomic E-state index is 0.427. The van der Waals surface area contributed by atoms with Crippen molar-refractivity contribution < 1.29 is 9.15 Å².